The van der Waals surface area contributed by atoms with Crippen molar-refractivity contribution in [2.75, 3.05) is 12.8 Å². The second-order valence-corrected chi connectivity index (χ2v) is 6.57. The van der Waals surface area contributed by atoms with Crippen molar-refractivity contribution in [1.82, 2.24) is 4.98 Å². The van der Waals surface area contributed by atoms with Crippen LogP contribution in [-0.2, 0) is 0 Å². The third kappa shape index (κ3) is 2.50. The largest absolute Gasteiger partial charge is 0.495 e. The maximum absolute atomic E-state index is 6.18. The highest BCUT2D eigenvalue weighted by Gasteiger charge is 2.22. The van der Waals surface area contributed by atoms with Gasteiger partial charge in [0, 0.05) is 11.5 Å². The molecule has 3 nitrogen and oxygen atoms in total. The van der Waals surface area contributed by atoms with E-state index in [0.717, 1.165) is 16.3 Å². The Morgan fingerprint density at radius 2 is 2.10 bits per heavy atom. The highest BCUT2D eigenvalue weighted by Crippen LogP contribution is 2.41. The van der Waals surface area contributed by atoms with Gasteiger partial charge in [0.2, 0.25) is 0 Å². The van der Waals surface area contributed by atoms with E-state index in [0.29, 0.717) is 16.7 Å². The number of nitrogens with two attached hydrogens (primary N) is 1. The number of benzene rings is 1. The molecule has 0 atom stereocenters. The maximum Gasteiger partial charge on any atom is 0.137 e. The van der Waals surface area contributed by atoms with Crippen molar-refractivity contribution in [3.63, 3.8) is 0 Å². The third-order valence-corrected chi connectivity index (χ3v) is 5.14. The first-order valence-corrected chi connectivity index (χ1v) is 7.98. The summed E-state index contributed by atoms with van der Waals surface area (Å²) < 4.78 is 5.17. The van der Waals surface area contributed by atoms with Crippen molar-refractivity contribution in [2.45, 2.75) is 31.6 Å². The minimum absolute atomic E-state index is 0.583. The topological polar surface area (TPSA) is 48.1 Å². The highest BCUT2D eigenvalue weighted by atomic mass is 35.5. The number of anilines is 1. The Balaban J connectivity index is 1.95. The molecule has 2 N–H and O–H groups in total. The molecule has 0 spiro atoms. The average Bonchev–Trinajstić information content (AvgIpc) is 3.07. The minimum Gasteiger partial charge on any atom is -0.495 e. The van der Waals surface area contributed by atoms with Crippen LogP contribution < -0.4 is 10.5 Å². The van der Waals surface area contributed by atoms with E-state index in [2.05, 4.69) is 0 Å². The van der Waals surface area contributed by atoms with E-state index in [1.54, 1.807) is 18.4 Å². The van der Waals surface area contributed by atoms with Crippen LogP contribution in [0.1, 0.15) is 36.6 Å². The molecule has 20 heavy (non-hydrogen) atoms. The summed E-state index contributed by atoms with van der Waals surface area (Å²) in [4.78, 5) is 4.75. The first kappa shape index (κ1) is 13.7. The lowest BCUT2D eigenvalue weighted by Gasteiger charge is -2.05. The molecule has 0 radical (unpaired) electrons. The van der Waals surface area contributed by atoms with E-state index >= 15 is 0 Å². The molecule has 0 bridgehead atoms. The van der Waals surface area contributed by atoms with E-state index in [1.165, 1.54) is 30.7 Å². The van der Waals surface area contributed by atoms with Gasteiger partial charge in [0.15, 0.2) is 0 Å². The fraction of sp³-hybridized carbons (Fsp3) is 0.400. The Morgan fingerprint density at radius 3 is 2.75 bits per heavy atom. The van der Waals surface area contributed by atoms with Gasteiger partial charge in [-0.2, -0.15) is 0 Å². The molecule has 3 rings (SSSR count). The summed E-state index contributed by atoms with van der Waals surface area (Å²) in [5, 5.41) is 2.52. The number of thiazole rings is 1. The Morgan fingerprint density at radius 1 is 1.35 bits per heavy atom. The van der Waals surface area contributed by atoms with Gasteiger partial charge in [-0.25, -0.2) is 4.98 Å². The fourth-order valence-electron chi connectivity index (χ4n) is 2.72. The van der Waals surface area contributed by atoms with E-state index in [9.17, 15) is 0 Å². The van der Waals surface area contributed by atoms with Gasteiger partial charge in [-0.05, 0) is 31.0 Å². The van der Waals surface area contributed by atoms with Gasteiger partial charge in [-0.3, -0.25) is 0 Å². The number of halogens is 1. The van der Waals surface area contributed by atoms with Crippen LogP contribution in [0.3, 0.4) is 0 Å². The molecule has 2 aromatic rings. The summed E-state index contributed by atoms with van der Waals surface area (Å²) in [5.41, 5.74) is 7.94. The normalized spacial score (nSPS) is 15.7. The van der Waals surface area contributed by atoms with E-state index < -0.39 is 0 Å². The smallest absolute Gasteiger partial charge is 0.137 e. The van der Waals surface area contributed by atoms with Crippen molar-refractivity contribution in [3.05, 3.63) is 28.2 Å². The summed E-state index contributed by atoms with van der Waals surface area (Å²) in [5.74, 6) is 1.25. The van der Waals surface area contributed by atoms with Crippen LogP contribution in [0.2, 0.25) is 5.02 Å². The lowest BCUT2D eigenvalue weighted by Crippen LogP contribution is -1.91. The molecule has 106 valence electrons. The van der Waals surface area contributed by atoms with Crippen LogP contribution in [0.5, 0.6) is 5.75 Å². The Bertz CT molecular complexity index is 620. The van der Waals surface area contributed by atoms with Gasteiger partial charge in [0.1, 0.15) is 16.4 Å². The molecule has 1 aliphatic carbocycles. The predicted octanol–water partition coefficient (Wildman–Crippen LogP) is 4.71. The predicted molar refractivity (Wildman–Crippen MR) is 84.7 cm³/mol. The van der Waals surface area contributed by atoms with Gasteiger partial charge in [0.25, 0.3) is 0 Å². The number of hydrogen-bond acceptors (Lipinski definition) is 4. The molecule has 0 amide bonds. The molecule has 0 aliphatic heterocycles. The second kappa shape index (κ2) is 5.62. The highest BCUT2D eigenvalue weighted by molar-refractivity contribution is 7.16. The number of hydrogen-bond donors (Lipinski definition) is 1. The number of nitrogens with zero attached hydrogens (tertiary/aromatic N) is 1. The van der Waals surface area contributed by atoms with Crippen LogP contribution in [0.25, 0.3) is 11.3 Å². The zero-order valence-corrected chi connectivity index (χ0v) is 12.9. The summed E-state index contributed by atoms with van der Waals surface area (Å²) in [7, 11) is 1.61. The molecule has 1 heterocycles. The van der Waals surface area contributed by atoms with E-state index in [-0.39, 0.29) is 0 Å². The summed E-state index contributed by atoms with van der Waals surface area (Å²) in [6.07, 6.45) is 5.06. The third-order valence-electron chi connectivity index (χ3n) is 3.80. The fourth-order valence-corrected chi connectivity index (χ4v) is 4.00. The van der Waals surface area contributed by atoms with Crippen molar-refractivity contribution < 1.29 is 4.74 Å². The first-order valence-electron chi connectivity index (χ1n) is 6.79. The number of nitrogen functional groups attached to an aromatic ring is 1. The average molecular weight is 309 g/mol. The number of methoxy groups -OCH3 is 1. The Labute approximate surface area is 127 Å². The summed E-state index contributed by atoms with van der Waals surface area (Å²) in [6, 6.07) is 5.67. The molecule has 1 aliphatic rings. The van der Waals surface area contributed by atoms with Crippen molar-refractivity contribution >= 4 is 27.9 Å². The monoisotopic (exact) mass is 308 g/mol. The molecule has 0 unspecified atom stereocenters. The SMILES string of the molecule is COc1ccc(-c2nc(C3CCCC3)sc2N)cc1Cl. The molecular formula is C15H17ClN2OS. The number of aromatic nitrogens is 1. The lowest BCUT2D eigenvalue weighted by molar-refractivity contribution is 0.415. The first-order chi connectivity index (χ1) is 9.69. The van der Waals surface area contributed by atoms with Crippen LogP contribution in [0, 0.1) is 0 Å². The molecular weight excluding hydrogens is 292 g/mol. The molecule has 1 aromatic carbocycles. The standard InChI is InChI=1S/C15H17ClN2OS/c1-19-12-7-6-10(8-11(12)16)13-14(17)20-15(18-13)9-4-2-3-5-9/h6-9H,2-5,17H2,1H3. The van der Waals surface area contributed by atoms with Crippen LogP contribution >= 0.6 is 22.9 Å². The molecule has 5 heteroatoms. The van der Waals surface area contributed by atoms with Gasteiger partial charge >= 0.3 is 0 Å². The van der Waals surface area contributed by atoms with E-state index in [1.807, 2.05) is 18.2 Å². The molecule has 1 saturated carbocycles. The van der Waals surface area contributed by atoms with Crippen molar-refractivity contribution in [2.24, 2.45) is 0 Å². The van der Waals surface area contributed by atoms with Crippen molar-refractivity contribution in [3.8, 4) is 17.0 Å². The number of ether oxygens (including phenoxy) is 1. The second-order valence-electron chi connectivity index (χ2n) is 5.10. The summed E-state index contributed by atoms with van der Waals surface area (Å²) in [6.45, 7) is 0. The van der Waals surface area contributed by atoms with Crippen LogP contribution in [-0.4, -0.2) is 12.1 Å². The molecule has 1 fully saturated rings. The van der Waals surface area contributed by atoms with E-state index in [4.69, 9.17) is 27.1 Å². The molecule has 0 saturated heterocycles. The zero-order valence-electron chi connectivity index (χ0n) is 11.4. The van der Waals surface area contributed by atoms with Gasteiger partial charge < -0.3 is 10.5 Å². The van der Waals surface area contributed by atoms with Crippen LogP contribution in [0.4, 0.5) is 5.00 Å². The quantitative estimate of drug-likeness (QED) is 0.893. The van der Waals surface area contributed by atoms with Gasteiger partial charge in [-0.1, -0.05) is 24.4 Å². The number of rotatable bonds is 3. The maximum atomic E-state index is 6.18. The van der Waals surface area contributed by atoms with Crippen molar-refractivity contribution in [1.29, 1.82) is 0 Å². The Kier molecular flexibility index (Phi) is 3.85. The van der Waals surface area contributed by atoms with Gasteiger partial charge in [-0.15, -0.1) is 11.3 Å². The Hall–Kier alpha value is -1.26. The zero-order chi connectivity index (χ0) is 14.1. The summed E-state index contributed by atoms with van der Waals surface area (Å²) >= 11 is 7.79. The lowest BCUT2D eigenvalue weighted by atomic mass is 10.1. The minimum atomic E-state index is 0.583. The van der Waals surface area contributed by atoms with Gasteiger partial charge in [0.05, 0.1) is 17.1 Å². The van der Waals surface area contributed by atoms with Crippen LogP contribution in [0.15, 0.2) is 18.2 Å². The molecule has 1 aromatic heterocycles.